The molecule has 2 aromatic rings. The fraction of sp³-hybridized carbons (Fsp3) is 0.562. The molecule has 21 heavy (non-hydrogen) atoms. The summed E-state index contributed by atoms with van der Waals surface area (Å²) in [6.07, 6.45) is 2.31. The Morgan fingerprint density at radius 1 is 1.33 bits per heavy atom. The molecule has 1 fully saturated rings. The summed E-state index contributed by atoms with van der Waals surface area (Å²) in [5.74, 6) is 0.783. The van der Waals surface area contributed by atoms with E-state index in [0.717, 1.165) is 43.0 Å². The van der Waals surface area contributed by atoms with Crippen LogP contribution in [-0.4, -0.2) is 47.7 Å². The average Bonchev–Trinajstić information content (AvgIpc) is 3.05. The normalized spacial score (nSPS) is 19.6. The minimum atomic E-state index is 0.00526. The fourth-order valence-corrected chi connectivity index (χ4v) is 3.35. The summed E-state index contributed by atoms with van der Waals surface area (Å²) >= 11 is 0. The van der Waals surface area contributed by atoms with Gasteiger partial charge in [0.1, 0.15) is 0 Å². The Hall–Kier alpha value is -1.59. The molecule has 1 aromatic heterocycles. The predicted octanol–water partition coefficient (Wildman–Crippen LogP) is 1.26. The third-order valence-electron chi connectivity index (χ3n) is 4.40. The molecule has 3 rings (SSSR count). The van der Waals surface area contributed by atoms with Crippen molar-refractivity contribution >= 4 is 11.0 Å². The summed E-state index contributed by atoms with van der Waals surface area (Å²) in [7, 11) is 2.02. The van der Waals surface area contributed by atoms with Crippen molar-refractivity contribution in [2.24, 2.45) is 5.92 Å². The van der Waals surface area contributed by atoms with Gasteiger partial charge in [0.2, 0.25) is 0 Å². The molecule has 0 saturated carbocycles. The maximum Gasteiger partial charge on any atom is 0.326 e. The first kappa shape index (κ1) is 14.4. The zero-order chi connectivity index (χ0) is 14.7. The van der Waals surface area contributed by atoms with Crippen LogP contribution in [0.3, 0.4) is 0 Å². The molecule has 5 heteroatoms. The molecule has 1 saturated heterocycles. The van der Waals surface area contributed by atoms with Gasteiger partial charge in [-0.3, -0.25) is 4.57 Å². The van der Waals surface area contributed by atoms with Gasteiger partial charge in [0.05, 0.1) is 11.0 Å². The van der Waals surface area contributed by atoms with Gasteiger partial charge in [-0.05, 0) is 57.6 Å². The quantitative estimate of drug-likeness (QED) is 0.841. The molecule has 0 aliphatic carbocycles. The van der Waals surface area contributed by atoms with Crippen LogP contribution in [-0.2, 0) is 6.54 Å². The van der Waals surface area contributed by atoms with Gasteiger partial charge in [0.15, 0.2) is 0 Å². The van der Waals surface area contributed by atoms with Crippen molar-refractivity contribution in [3.63, 3.8) is 0 Å². The number of nitrogens with zero attached hydrogens (tertiary/aromatic N) is 2. The van der Waals surface area contributed by atoms with Crippen LogP contribution in [0.5, 0.6) is 0 Å². The molecular formula is C16H24N4O. The summed E-state index contributed by atoms with van der Waals surface area (Å²) in [6.45, 7) is 5.35. The number of aromatic amines is 1. The van der Waals surface area contributed by atoms with Crippen molar-refractivity contribution in [2.75, 3.05) is 33.2 Å². The molecule has 114 valence electrons. The van der Waals surface area contributed by atoms with E-state index in [-0.39, 0.29) is 5.69 Å². The van der Waals surface area contributed by atoms with Crippen molar-refractivity contribution < 1.29 is 0 Å². The van der Waals surface area contributed by atoms with Crippen molar-refractivity contribution in [1.82, 2.24) is 19.8 Å². The number of aromatic nitrogens is 2. The Morgan fingerprint density at radius 2 is 2.19 bits per heavy atom. The number of para-hydroxylation sites is 2. The van der Waals surface area contributed by atoms with Crippen LogP contribution in [0.15, 0.2) is 29.1 Å². The minimum Gasteiger partial charge on any atom is -0.319 e. The van der Waals surface area contributed by atoms with Gasteiger partial charge < -0.3 is 15.2 Å². The van der Waals surface area contributed by atoms with E-state index >= 15 is 0 Å². The molecule has 2 heterocycles. The van der Waals surface area contributed by atoms with Gasteiger partial charge in [-0.2, -0.15) is 0 Å². The first-order valence-electron chi connectivity index (χ1n) is 7.82. The topological polar surface area (TPSA) is 53.1 Å². The summed E-state index contributed by atoms with van der Waals surface area (Å²) < 4.78 is 1.86. The number of likely N-dealkylation sites (tertiary alicyclic amines) is 1. The number of imidazole rings is 1. The molecule has 1 aromatic carbocycles. The highest BCUT2D eigenvalue weighted by molar-refractivity contribution is 5.74. The lowest BCUT2D eigenvalue weighted by atomic mass is 10.1. The maximum absolute atomic E-state index is 12.0. The maximum atomic E-state index is 12.0. The molecule has 5 nitrogen and oxygen atoms in total. The largest absolute Gasteiger partial charge is 0.326 e. The summed E-state index contributed by atoms with van der Waals surface area (Å²) in [6, 6.07) is 7.89. The number of hydrogen-bond donors (Lipinski definition) is 2. The molecule has 1 unspecified atom stereocenters. The SMILES string of the molecule is CNCC1CCN(CCCn2c(=O)[nH]c3ccccc32)C1. The second kappa shape index (κ2) is 6.45. The Balaban J connectivity index is 1.56. The first-order chi connectivity index (χ1) is 10.3. The van der Waals surface area contributed by atoms with Gasteiger partial charge in [0, 0.05) is 13.1 Å². The number of rotatable bonds is 6. The molecule has 0 bridgehead atoms. The Labute approximate surface area is 125 Å². The lowest BCUT2D eigenvalue weighted by molar-refractivity contribution is 0.311. The van der Waals surface area contributed by atoms with Crippen LogP contribution in [0.2, 0.25) is 0 Å². The molecule has 1 aliphatic rings. The molecule has 1 aliphatic heterocycles. The van der Waals surface area contributed by atoms with Crippen molar-refractivity contribution in [1.29, 1.82) is 0 Å². The predicted molar refractivity (Wildman–Crippen MR) is 85.6 cm³/mol. The zero-order valence-electron chi connectivity index (χ0n) is 12.6. The lowest BCUT2D eigenvalue weighted by Crippen LogP contribution is -2.27. The second-order valence-electron chi connectivity index (χ2n) is 5.97. The van der Waals surface area contributed by atoms with Crippen molar-refractivity contribution in [3.05, 3.63) is 34.7 Å². The van der Waals surface area contributed by atoms with E-state index in [0.29, 0.717) is 0 Å². The molecule has 0 radical (unpaired) electrons. The van der Waals surface area contributed by atoms with Crippen LogP contribution in [0, 0.1) is 5.92 Å². The first-order valence-corrected chi connectivity index (χ1v) is 7.82. The van der Waals surface area contributed by atoms with E-state index in [1.165, 1.54) is 19.5 Å². The number of benzene rings is 1. The number of fused-ring (bicyclic) bond motifs is 1. The van der Waals surface area contributed by atoms with Crippen LogP contribution in [0.25, 0.3) is 11.0 Å². The summed E-state index contributed by atoms with van der Waals surface area (Å²) in [5.41, 5.74) is 1.94. The highest BCUT2D eigenvalue weighted by Crippen LogP contribution is 2.16. The van der Waals surface area contributed by atoms with E-state index in [2.05, 4.69) is 15.2 Å². The van der Waals surface area contributed by atoms with E-state index in [1.807, 2.05) is 35.9 Å². The summed E-state index contributed by atoms with van der Waals surface area (Å²) in [4.78, 5) is 17.4. The number of aryl methyl sites for hydroxylation is 1. The lowest BCUT2D eigenvalue weighted by Gasteiger charge is -2.16. The Morgan fingerprint density at radius 3 is 3.05 bits per heavy atom. The second-order valence-corrected chi connectivity index (χ2v) is 5.97. The van der Waals surface area contributed by atoms with Crippen LogP contribution in [0.4, 0.5) is 0 Å². The molecule has 1 atom stereocenters. The fourth-order valence-electron chi connectivity index (χ4n) is 3.35. The van der Waals surface area contributed by atoms with Crippen LogP contribution < -0.4 is 11.0 Å². The smallest absolute Gasteiger partial charge is 0.319 e. The molecular weight excluding hydrogens is 264 g/mol. The van der Waals surface area contributed by atoms with Gasteiger partial charge in [-0.25, -0.2) is 4.79 Å². The zero-order valence-corrected chi connectivity index (χ0v) is 12.6. The highest BCUT2D eigenvalue weighted by Gasteiger charge is 2.21. The van der Waals surface area contributed by atoms with Gasteiger partial charge in [-0.1, -0.05) is 12.1 Å². The van der Waals surface area contributed by atoms with E-state index in [9.17, 15) is 4.79 Å². The molecule has 0 amide bonds. The third-order valence-corrected chi connectivity index (χ3v) is 4.40. The third kappa shape index (κ3) is 3.19. The Kier molecular flexibility index (Phi) is 4.41. The minimum absolute atomic E-state index is 0.00526. The van der Waals surface area contributed by atoms with Crippen molar-refractivity contribution in [3.8, 4) is 0 Å². The van der Waals surface area contributed by atoms with E-state index in [1.54, 1.807) is 0 Å². The van der Waals surface area contributed by atoms with Crippen LogP contribution in [0.1, 0.15) is 12.8 Å². The highest BCUT2D eigenvalue weighted by atomic mass is 16.1. The van der Waals surface area contributed by atoms with Crippen molar-refractivity contribution in [2.45, 2.75) is 19.4 Å². The van der Waals surface area contributed by atoms with E-state index < -0.39 is 0 Å². The number of H-pyrrole nitrogens is 1. The number of nitrogens with one attached hydrogen (secondary N) is 2. The summed E-state index contributed by atoms with van der Waals surface area (Å²) in [5, 5.41) is 3.26. The molecule has 2 N–H and O–H groups in total. The van der Waals surface area contributed by atoms with Gasteiger partial charge in [0.25, 0.3) is 0 Å². The van der Waals surface area contributed by atoms with Gasteiger partial charge >= 0.3 is 5.69 Å². The van der Waals surface area contributed by atoms with Crippen LogP contribution >= 0.6 is 0 Å². The monoisotopic (exact) mass is 288 g/mol. The average molecular weight is 288 g/mol. The number of hydrogen-bond acceptors (Lipinski definition) is 3. The van der Waals surface area contributed by atoms with Gasteiger partial charge in [-0.15, -0.1) is 0 Å². The Bertz CT molecular complexity index is 645. The molecule has 0 spiro atoms. The standard InChI is InChI=1S/C16H24N4O/c1-17-11-13-7-10-19(12-13)8-4-9-20-15-6-3-2-5-14(15)18-16(20)21/h2-3,5-6,13,17H,4,7-12H2,1H3,(H,18,21). The van der Waals surface area contributed by atoms with E-state index in [4.69, 9.17) is 0 Å².